The molecule has 3 aromatic rings. The summed E-state index contributed by atoms with van der Waals surface area (Å²) in [5, 5.41) is 3.23. The quantitative estimate of drug-likeness (QED) is 0.370. The van der Waals surface area contributed by atoms with Gasteiger partial charge in [-0.1, -0.05) is 54.6 Å². The Labute approximate surface area is 202 Å². The number of thioether (sulfide) groups is 1. The molecule has 3 aromatic carbocycles. The molecule has 172 valence electrons. The van der Waals surface area contributed by atoms with E-state index >= 15 is 0 Å². The van der Waals surface area contributed by atoms with Crippen LogP contribution in [0.25, 0.3) is 0 Å². The van der Waals surface area contributed by atoms with Gasteiger partial charge in [0.1, 0.15) is 10.6 Å². The number of hydrogen-bond acceptors (Lipinski definition) is 6. The average molecular weight is 473 g/mol. The molecular formula is C27H24N2O4S. The molecule has 1 aliphatic rings. The van der Waals surface area contributed by atoms with Crippen molar-refractivity contribution in [2.45, 2.75) is 25.2 Å². The molecule has 0 saturated heterocycles. The molecule has 7 heteroatoms. The van der Waals surface area contributed by atoms with Crippen LogP contribution in [0.1, 0.15) is 28.4 Å². The lowest BCUT2D eigenvalue weighted by molar-refractivity contribution is -0.120. The van der Waals surface area contributed by atoms with Gasteiger partial charge in [0.2, 0.25) is 0 Å². The molecule has 2 amide bonds. The highest BCUT2D eigenvalue weighted by Gasteiger charge is 2.40. The molecule has 0 atom stereocenters. The number of rotatable bonds is 7. The minimum atomic E-state index is -0.488. The Balaban J connectivity index is 1.73. The number of nitrogens with one attached hydrogen (secondary N) is 1. The molecule has 0 aliphatic carbocycles. The van der Waals surface area contributed by atoms with E-state index in [2.05, 4.69) is 5.32 Å². The third-order valence-electron chi connectivity index (χ3n) is 5.49. The molecular weight excluding hydrogens is 448 g/mol. The van der Waals surface area contributed by atoms with Gasteiger partial charge in [0.05, 0.1) is 18.4 Å². The molecule has 4 rings (SSSR count). The van der Waals surface area contributed by atoms with Crippen molar-refractivity contribution in [1.29, 1.82) is 0 Å². The fourth-order valence-electron chi connectivity index (χ4n) is 3.62. The van der Waals surface area contributed by atoms with Crippen molar-refractivity contribution in [2.24, 2.45) is 0 Å². The largest absolute Gasteiger partial charge is 0.465 e. The SMILES string of the molecule is CCc1ccccc1NC1=C(Sc2ccc(C)cc2)C(=O)N(c2ccc(C(=O)OC)cc2)C1=O. The van der Waals surface area contributed by atoms with Crippen molar-refractivity contribution in [3.8, 4) is 0 Å². The van der Waals surface area contributed by atoms with Crippen LogP contribution in [0.15, 0.2) is 88.3 Å². The van der Waals surface area contributed by atoms with E-state index in [-0.39, 0.29) is 5.70 Å². The normalized spacial score (nSPS) is 13.4. The van der Waals surface area contributed by atoms with Crippen LogP contribution in [0.2, 0.25) is 0 Å². The summed E-state index contributed by atoms with van der Waals surface area (Å²) in [5.74, 6) is -1.35. The maximum Gasteiger partial charge on any atom is 0.337 e. The van der Waals surface area contributed by atoms with E-state index < -0.39 is 17.8 Å². The number of aryl methyl sites for hydroxylation is 2. The second-order valence-electron chi connectivity index (χ2n) is 7.74. The van der Waals surface area contributed by atoms with Gasteiger partial charge in [0, 0.05) is 10.6 Å². The Morgan fingerprint density at radius 1 is 0.941 bits per heavy atom. The number of amides is 2. The summed E-state index contributed by atoms with van der Waals surface area (Å²) < 4.78 is 4.73. The van der Waals surface area contributed by atoms with Crippen molar-refractivity contribution >= 4 is 40.9 Å². The molecule has 0 fully saturated rings. The fourth-order valence-corrected chi connectivity index (χ4v) is 4.55. The van der Waals surface area contributed by atoms with Crippen LogP contribution in [-0.4, -0.2) is 24.9 Å². The van der Waals surface area contributed by atoms with Gasteiger partial charge in [-0.25, -0.2) is 9.69 Å². The molecule has 0 saturated carbocycles. The Kier molecular flexibility index (Phi) is 6.84. The van der Waals surface area contributed by atoms with Gasteiger partial charge in [-0.05, 0) is 61.4 Å². The smallest absolute Gasteiger partial charge is 0.337 e. The number of hydrogen-bond donors (Lipinski definition) is 1. The number of para-hydroxylation sites is 1. The number of nitrogens with zero attached hydrogens (tertiary/aromatic N) is 1. The number of carbonyl (C=O) groups excluding carboxylic acids is 3. The highest BCUT2D eigenvalue weighted by molar-refractivity contribution is 8.04. The molecule has 0 radical (unpaired) electrons. The molecule has 1 N–H and O–H groups in total. The molecule has 0 aromatic heterocycles. The molecule has 0 unspecified atom stereocenters. The monoisotopic (exact) mass is 472 g/mol. The molecule has 1 heterocycles. The van der Waals surface area contributed by atoms with Gasteiger partial charge in [-0.3, -0.25) is 9.59 Å². The summed E-state index contributed by atoms with van der Waals surface area (Å²) in [4.78, 5) is 41.1. The lowest BCUT2D eigenvalue weighted by Gasteiger charge is -2.16. The minimum Gasteiger partial charge on any atom is -0.465 e. The van der Waals surface area contributed by atoms with Gasteiger partial charge in [-0.15, -0.1) is 0 Å². The Bertz CT molecular complexity index is 1280. The first-order valence-corrected chi connectivity index (χ1v) is 11.7. The maximum atomic E-state index is 13.5. The van der Waals surface area contributed by atoms with Crippen LogP contribution in [0.4, 0.5) is 11.4 Å². The first-order valence-electron chi connectivity index (χ1n) is 10.8. The molecule has 1 aliphatic heterocycles. The van der Waals surface area contributed by atoms with Gasteiger partial charge < -0.3 is 10.1 Å². The minimum absolute atomic E-state index is 0.230. The number of esters is 1. The second kappa shape index (κ2) is 9.97. The fraction of sp³-hybridized carbons (Fsp3) is 0.148. The first kappa shape index (κ1) is 23.3. The number of anilines is 2. The van der Waals surface area contributed by atoms with E-state index in [4.69, 9.17) is 4.74 Å². The summed E-state index contributed by atoms with van der Waals surface area (Å²) in [6.07, 6.45) is 0.776. The predicted molar refractivity (Wildman–Crippen MR) is 134 cm³/mol. The van der Waals surface area contributed by atoms with Crippen LogP contribution >= 0.6 is 11.8 Å². The van der Waals surface area contributed by atoms with E-state index in [1.807, 2.05) is 62.4 Å². The van der Waals surface area contributed by atoms with E-state index in [0.29, 0.717) is 16.2 Å². The highest BCUT2D eigenvalue weighted by Crippen LogP contribution is 2.38. The van der Waals surface area contributed by atoms with Crippen molar-refractivity contribution < 1.29 is 19.1 Å². The number of benzene rings is 3. The second-order valence-corrected chi connectivity index (χ2v) is 8.82. The molecule has 0 spiro atoms. The van der Waals surface area contributed by atoms with E-state index in [1.165, 1.54) is 31.0 Å². The van der Waals surface area contributed by atoms with Gasteiger partial charge in [-0.2, -0.15) is 0 Å². The van der Waals surface area contributed by atoms with E-state index in [9.17, 15) is 14.4 Å². The van der Waals surface area contributed by atoms with Gasteiger partial charge in [0.25, 0.3) is 11.8 Å². The number of ether oxygens (including phenoxy) is 1. The zero-order valence-electron chi connectivity index (χ0n) is 19.1. The summed E-state index contributed by atoms with van der Waals surface area (Å²) in [5.41, 5.74) is 3.87. The maximum absolute atomic E-state index is 13.5. The Hall–Kier alpha value is -3.84. The topological polar surface area (TPSA) is 75.7 Å². The van der Waals surface area contributed by atoms with E-state index in [0.717, 1.165) is 33.0 Å². The number of carbonyl (C=O) groups is 3. The van der Waals surface area contributed by atoms with Gasteiger partial charge in [0.15, 0.2) is 0 Å². The van der Waals surface area contributed by atoms with Crippen LogP contribution < -0.4 is 10.2 Å². The Morgan fingerprint density at radius 2 is 1.62 bits per heavy atom. The van der Waals surface area contributed by atoms with Crippen LogP contribution in [-0.2, 0) is 20.7 Å². The number of methoxy groups -OCH3 is 1. The summed E-state index contributed by atoms with van der Waals surface area (Å²) in [6.45, 7) is 4.03. The van der Waals surface area contributed by atoms with Crippen LogP contribution in [0, 0.1) is 6.92 Å². The zero-order chi connectivity index (χ0) is 24.2. The van der Waals surface area contributed by atoms with E-state index in [1.54, 1.807) is 12.1 Å². The van der Waals surface area contributed by atoms with Crippen molar-refractivity contribution in [2.75, 3.05) is 17.3 Å². The average Bonchev–Trinajstić information content (AvgIpc) is 3.09. The predicted octanol–water partition coefficient (Wildman–Crippen LogP) is 5.33. The van der Waals surface area contributed by atoms with Crippen molar-refractivity contribution in [1.82, 2.24) is 0 Å². The third kappa shape index (κ3) is 4.61. The zero-order valence-corrected chi connectivity index (χ0v) is 19.9. The lowest BCUT2D eigenvalue weighted by atomic mass is 10.1. The van der Waals surface area contributed by atoms with Crippen LogP contribution in [0.3, 0.4) is 0 Å². The molecule has 34 heavy (non-hydrogen) atoms. The first-order chi connectivity index (χ1) is 16.4. The summed E-state index contributed by atoms with van der Waals surface area (Å²) >= 11 is 1.25. The van der Waals surface area contributed by atoms with Crippen LogP contribution in [0.5, 0.6) is 0 Å². The number of imide groups is 1. The summed E-state index contributed by atoms with van der Waals surface area (Å²) in [6, 6.07) is 21.7. The Morgan fingerprint density at radius 3 is 2.26 bits per heavy atom. The molecule has 0 bridgehead atoms. The highest BCUT2D eigenvalue weighted by atomic mass is 32.2. The van der Waals surface area contributed by atoms with Crippen molar-refractivity contribution in [3.05, 3.63) is 100 Å². The van der Waals surface area contributed by atoms with Crippen molar-refractivity contribution in [3.63, 3.8) is 0 Å². The van der Waals surface area contributed by atoms with Gasteiger partial charge >= 0.3 is 5.97 Å². The molecule has 6 nitrogen and oxygen atoms in total. The summed E-state index contributed by atoms with van der Waals surface area (Å²) in [7, 11) is 1.30. The standard InChI is InChI=1S/C27H24N2O4S/c1-4-18-7-5-6-8-22(18)28-23-24(34-21-15-9-17(2)10-16-21)26(31)29(25(23)30)20-13-11-19(12-14-20)27(32)33-3/h5-16,28H,4H2,1-3H3. The third-order valence-corrected chi connectivity index (χ3v) is 6.58. The lowest BCUT2D eigenvalue weighted by Crippen LogP contribution is -2.32.